The summed E-state index contributed by atoms with van der Waals surface area (Å²) in [6.07, 6.45) is 4.20. The molecule has 3 rings (SSSR count). The second-order valence-electron chi connectivity index (χ2n) is 6.86. The molecule has 2 atom stereocenters. The largest absolute Gasteiger partial charge is 2.00 e. The molecule has 2 aromatic heterocycles. The van der Waals surface area contributed by atoms with Gasteiger partial charge >= 0.3 is 27.3 Å². The number of aromatic nitrogens is 2. The maximum absolute atomic E-state index is 10.9. The van der Waals surface area contributed by atoms with Crippen molar-refractivity contribution in [1.82, 2.24) is 20.6 Å². The Bertz CT molecular complexity index is 779. The van der Waals surface area contributed by atoms with Crippen molar-refractivity contribution in [1.29, 1.82) is 0 Å². The number of carboxylic acid groups (broad SMARTS) is 2. The van der Waals surface area contributed by atoms with Crippen molar-refractivity contribution in [2.45, 2.75) is 50.9 Å². The van der Waals surface area contributed by atoms with Gasteiger partial charge in [0.1, 0.15) is 0 Å². The Hall–Kier alpha value is -1.92. The normalized spacial score (nSPS) is 18.6. The van der Waals surface area contributed by atoms with Crippen LogP contribution in [0.5, 0.6) is 0 Å². The van der Waals surface area contributed by atoms with Crippen LogP contribution in [0.2, 0.25) is 0 Å². The summed E-state index contributed by atoms with van der Waals surface area (Å²) in [6.45, 7) is 0.921. The van der Waals surface area contributed by atoms with Crippen LogP contribution in [0, 0.1) is 0 Å². The minimum absolute atomic E-state index is 0. The van der Waals surface area contributed by atoms with E-state index in [-0.39, 0.29) is 50.8 Å². The molecular formula is C20H22CdN4O4. The zero-order valence-electron chi connectivity index (χ0n) is 16.1. The molecule has 29 heavy (non-hydrogen) atoms. The van der Waals surface area contributed by atoms with Gasteiger partial charge in [-0.2, -0.15) is 0 Å². The summed E-state index contributed by atoms with van der Waals surface area (Å²) in [5, 5.41) is 28.8. The van der Waals surface area contributed by atoms with Gasteiger partial charge in [0.25, 0.3) is 0 Å². The summed E-state index contributed by atoms with van der Waals surface area (Å²) in [6, 6.07) is 10.1. The van der Waals surface area contributed by atoms with Crippen LogP contribution < -0.4 is 20.8 Å². The van der Waals surface area contributed by atoms with E-state index in [1.54, 1.807) is 24.3 Å². The fraction of sp³-hybridized carbons (Fsp3) is 0.400. The first-order valence-corrected chi connectivity index (χ1v) is 9.34. The molecule has 0 radical (unpaired) electrons. The molecule has 2 N–H and O–H groups in total. The van der Waals surface area contributed by atoms with Crippen LogP contribution in [0.25, 0.3) is 0 Å². The molecule has 8 nitrogen and oxygen atoms in total. The third-order valence-electron chi connectivity index (χ3n) is 4.89. The number of rotatable bonds is 8. The zero-order valence-corrected chi connectivity index (χ0v) is 20.1. The first kappa shape index (κ1) is 23.4. The Labute approximate surface area is 189 Å². The topological polar surface area (TPSA) is 130 Å². The molecule has 1 aliphatic carbocycles. The Kier molecular flexibility index (Phi) is 9.11. The van der Waals surface area contributed by atoms with Crippen molar-refractivity contribution in [3.63, 3.8) is 0 Å². The van der Waals surface area contributed by atoms with Gasteiger partial charge in [-0.05, 0) is 37.1 Å². The van der Waals surface area contributed by atoms with Gasteiger partial charge in [-0.3, -0.25) is 9.97 Å². The molecule has 0 saturated heterocycles. The Morgan fingerprint density at radius 3 is 1.62 bits per heavy atom. The van der Waals surface area contributed by atoms with Crippen LogP contribution >= 0.6 is 0 Å². The first-order chi connectivity index (χ1) is 13.5. The Morgan fingerprint density at radius 1 is 0.828 bits per heavy atom. The van der Waals surface area contributed by atoms with Gasteiger partial charge in [0, 0.05) is 25.2 Å². The molecule has 148 valence electrons. The molecule has 1 fully saturated rings. The Balaban J connectivity index is 0.00000300. The molecule has 0 bridgehead atoms. The van der Waals surface area contributed by atoms with Gasteiger partial charge in [-0.15, -0.1) is 0 Å². The molecule has 2 aromatic rings. The Morgan fingerprint density at radius 2 is 1.24 bits per heavy atom. The molecule has 0 amide bonds. The number of carbonyl (C=O) groups is 2. The number of carbonyl (C=O) groups excluding carboxylic acids is 2. The predicted octanol–water partition coefficient (Wildman–Crippen LogP) is -0.608. The predicted molar refractivity (Wildman–Crippen MR) is 96.9 cm³/mol. The number of nitrogens with zero attached hydrogens (tertiary/aromatic N) is 2. The van der Waals surface area contributed by atoms with Crippen molar-refractivity contribution in [3.05, 3.63) is 59.2 Å². The number of aromatic carboxylic acids is 2. The van der Waals surface area contributed by atoms with Gasteiger partial charge in [0.05, 0.1) is 34.7 Å². The number of hydrogen-bond donors (Lipinski definition) is 2. The maximum Gasteiger partial charge on any atom is 2.00 e. The molecule has 0 unspecified atom stereocenters. The zero-order chi connectivity index (χ0) is 19.9. The van der Waals surface area contributed by atoms with Crippen molar-refractivity contribution in [3.8, 4) is 0 Å². The third-order valence-corrected chi connectivity index (χ3v) is 4.89. The quantitative estimate of drug-likeness (QED) is 0.465. The summed E-state index contributed by atoms with van der Waals surface area (Å²) in [7, 11) is 0. The molecule has 1 saturated carbocycles. The average Bonchev–Trinajstić information content (AvgIpc) is 2.71. The van der Waals surface area contributed by atoms with Crippen LogP contribution in [0.3, 0.4) is 0 Å². The van der Waals surface area contributed by atoms with Gasteiger partial charge in [0.15, 0.2) is 0 Å². The van der Waals surface area contributed by atoms with Gasteiger partial charge in [0.2, 0.25) is 0 Å². The SMILES string of the molecule is O=C([O-])c1cccc(CN[C@@H]2CCCC[C@H]2NCc2cccc(C(=O)[O-])n2)n1.[Cd+2]. The first-order valence-electron chi connectivity index (χ1n) is 9.34. The monoisotopic (exact) mass is 496 g/mol. The summed E-state index contributed by atoms with van der Waals surface area (Å²) in [4.78, 5) is 30.1. The van der Waals surface area contributed by atoms with E-state index in [2.05, 4.69) is 20.6 Å². The van der Waals surface area contributed by atoms with E-state index >= 15 is 0 Å². The minimum atomic E-state index is -1.29. The smallest absolute Gasteiger partial charge is 0.543 e. The second-order valence-corrected chi connectivity index (χ2v) is 6.86. The second kappa shape index (κ2) is 11.3. The number of nitrogens with one attached hydrogen (secondary N) is 2. The van der Waals surface area contributed by atoms with E-state index in [1.165, 1.54) is 12.1 Å². The molecular weight excluding hydrogens is 473 g/mol. The molecule has 1 aliphatic rings. The van der Waals surface area contributed by atoms with Crippen LogP contribution in [0.15, 0.2) is 36.4 Å². The van der Waals surface area contributed by atoms with Crippen LogP contribution in [0.1, 0.15) is 58.0 Å². The minimum Gasteiger partial charge on any atom is -0.543 e. The van der Waals surface area contributed by atoms with E-state index in [4.69, 9.17) is 0 Å². The summed E-state index contributed by atoms with van der Waals surface area (Å²) in [5.74, 6) is -2.57. The molecule has 9 heteroatoms. The summed E-state index contributed by atoms with van der Waals surface area (Å²) < 4.78 is 0. The van der Waals surface area contributed by atoms with Crippen molar-refractivity contribution >= 4 is 11.9 Å². The van der Waals surface area contributed by atoms with Crippen LogP contribution in [-0.2, 0) is 40.4 Å². The van der Waals surface area contributed by atoms with Gasteiger partial charge < -0.3 is 30.4 Å². The third kappa shape index (κ3) is 6.82. The number of hydrogen-bond acceptors (Lipinski definition) is 8. The summed E-state index contributed by atoms with van der Waals surface area (Å²) in [5.41, 5.74) is 1.15. The van der Waals surface area contributed by atoms with E-state index < -0.39 is 11.9 Å². The van der Waals surface area contributed by atoms with Gasteiger partial charge in [-0.25, -0.2) is 0 Å². The van der Waals surface area contributed by atoms with E-state index in [0.29, 0.717) is 24.5 Å². The van der Waals surface area contributed by atoms with Crippen LogP contribution in [0.4, 0.5) is 0 Å². The molecule has 0 spiro atoms. The molecule has 0 aromatic carbocycles. The van der Waals surface area contributed by atoms with Gasteiger partial charge in [-0.1, -0.05) is 25.0 Å². The van der Waals surface area contributed by atoms with Crippen LogP contribution in [-0.4, -0.2) is 34.0 Å². The standard InChI is InChI=1S/C20H24N4O4.Cd/c25-19(26)17-9-3-5-13(23-17)11-21-15-7-1-2-8-16(15)22-12-14-6-4-10-18(24-14)20(27)28;/h3-6,9-10,15-16,21-22H,1-2,7-8,11-12H2,(H,25,26)(H,27,28);/q;+2/p-2/t15-,16-;/m1./s1. The average molecular weight is 495 g/mol. The molecule has 2 heterocycles. The molecule has 0 aliphatic heterocycles. The number of carboxylic acids is 2. The van der Waals surface area contributed by atoms with Crippen molar-refractivity contribution in [2.75, 3.05) is 0 Å². The van der Waals surface area contributed by atoms with Crippen molar-refractivity contribution in [2.24, 2.45) is 0 Å². The number of pyridine rings is 2. The van der Waals surface area contributed by atoms with E-state index in [9.17, 15) is 19.8 Å². The maximum atomic E-state index is 10.9. The fourth-order valence-electron chi connectivity index (χ4n) is 3.47. The summed E-state index contributed by atoms with van der Waals surface area (Å²) >= 11 is 0. The fourth-order valence-corrected chi connectivity index (χ4v) is 3.47. The van der Waals surface area contributed by atoms with E-state index in [1.807, 2.05) is 0 Å². The van der Waals surface area contributed by atoms with Crippen molar-refractivity contribution < 1.29 is 47.1 Å². The van der Waals surface area contributed by atoms with E-state index in [0.717, 1.165) is 25.7 Å².